The van der Waals surface area contributed by atoms with Crippen molar-refractivity contribution in [1.82, 2.24) is 5.32 Å². The van der Waals surface area contributed by atoms with Gasteiger partial charge >= 0.3 is 0 Å². The molecule has 1 aromatic rings. The van der Waals surface area contributed by atoms with Crippen molar-refractivity contribution >= 4 is 21.8 Å². The molecule has 0 saturated heterocycles. The molecule has 0 heterocycles. The summed E-state index contributed by atoms with van der Waals surface area (Å²) in [5.74, 6) is -0.00208. The number of hydrogen-bond donors (Lipinski definition) is 2. The lowest BCUT2D eigenvalue weighted by atomic mass is 9.84. The highest BCUT2D eigenvalue weighted by atomic mass is 79.9. The van der Waals surface area contributed by atoms with Gasteiger partial charge in [-0.2, -0.15) is 0 Å². The fourth-order valence-corrected chi connectivity index (χ4v) is 2.17. The number of carbonyl (C=O) groups excluding carboxylic acids is 1. The molecule has 20 heavy (non-hydrogen) atoms. The molecular weight excluding hydrogens is 322 g/mol. The number of benzene rings is 1. The number of carbonyl (C=O) groups is 1. The molecule has 0 aliphatic rings. The average Bonchev–Trinajstić information content (AvgIpc) is 2.42. The average molecular weight is 344 g/mol. The molecule has 2 N–H and O–H groups in total. The van der Waals surface area contributed by atoms with E-state index in [1.807, 2.05) is 38.1 Å². The van der Waals surface area contributed by atoms with Crippen LogP contribution in [0.2, 0.25) is 0 Å². The lowest BCUT2D eigenvalue weighted by Gasteiger charge is -2.24. The maximum atomic E-state index is 12.3. The SMILES string of the molecule is CC(C)(C(=O)NCCCOCCO)c1cccc(Br)c1. The van der Waals surface area contributed by atoms with E-state index in [1.54, 1.807) is 0 Å². The summed E-state index contributed by atoms with van der Waals surface area (Å²) < 4.78 is 6.11. The van der Waals surface area contributed by atoms with Crippen LogP contribution >= 0.6 is 15.9 Å². The van der Waals surface area contributed by atoms with Gasteiger partial charge in [0.2, 0.25) is 5.91 Å². The first-order valence-corrected chi connectivity index (χ1v) is 7.50. The van der Waals surface area contributed by atoms with Crippen LogP contribution in [-0.4, -0.2) is 37.4 Å². The molecule has 1 amide bonds. The Hall–Kier alpha value is -0.910. The molecule has 1 aromatic carbocycles. The zero-order chi connectivity index (χ0) is 15.0. The van der Waals surface area contributed by atoms with Crippen molar-refractivity contribution < 1.29 is 14.6 Å². The summed E-state index contributed by atoms with van der Waals surface area (Å²) in [7, 11) is 0. The Bertz CT molecular complexity index is 435. The van der Waals surface area contributed by atoms with E-state index in [0.29, 0.717) is 19.8 Å². The lowest BCUT2D eigenvalue weighted by molar-refractivity contribution is -0.125. The first-order chi connectivity index (χ1) is 9.48. The third-order valence-corrected chi connectivity index (χ3v) is 3.59. The van der Waals surface area contributed by atoms with Gasteiger partial charge in [-0.1, -0.05) is 28.1 Å². The largest absolute Gasteiger partial charge is 0.394 e. The van der Waals surface area contributed by atoms with Crippen LogP contribution in [0, 0.1) is 0 Å². The third kappa shape index (κ3) is 5.23. The first kappa shape index (κ1) is 17.1. The molecule has 0 aliphatic carbocycles. The number of amides is 1. The van der Waals surface area contributed by atoms with Crippen LogP contribution in [0.25, 0.3) is 0 Å². The summed E-state index contributed by atoms with van der Waals surface area (Å²) >= 11 is 3.42. The number of nitrogens with one attached hydrogen (secondary N) is 1. The predicted molar refractivity (Wildman–Crippen MR) is 82.7 cm³/mol. The van der Waals surface area contributed by atoms with Crippen LogP contribution in [0.15, 0.2) is 28.7 Å². The Morgan fingerprint density at radius 3 is 2.80 bits per heavy atom. The van der Waals surface area contributed by atoms with E-state index in [4.69, 9.17) is 9.84 Å². The minimum Gasteiger partial charge on any atom is -0.394 e. The second kappa shape index (κ2) is 8.39. The Labute approximate surface area is 128 Å². The van der Waals surface area contributed by atoms with Crippen molar-refractivity contribution in [3.8, 4) is 0 Å². The van der Waals surface area contributed by atoms with Crippen molar-refractivity contribution in [2.75, 3.05) is 26.4 Å². The van der Waals surface area contributed by atoms with Crippen molar-refractivity contribution in [3.05, 3.63) is 34.3 Å². The highest BCUT2D eigenvalue weighted by Crippen LogP contribution is 2.25. The Kier molecular flexibility index (Phi) is 7.19. The van der Waals surface area contributed by atoms with Crippen molar-refractivity contribution in [2.45, 2.75) is 25.7 Å². The predicted octanol–water partition coefficient (Wildman–Crippen LogP) is 2.24. The van der Waals surface area contributed by atoms with Gasteiger partial charge in [-0.25, -0.2) is 0 Å². The number of hydrogen-bond acceptors (Lipinski definition) is 3. The summed E-state index contributed by atoms with van der Waals surface area (Å²) in [6.07, 6.45) is 0.736. The molecule has 0 fully saturated rings. The zero-order valence-electron chi connectivity index (χ0n) is 12.0. The minimum atomic E-state index is -0.574. The smallest absolute Gasteiger partial charge is 0.230 e. The van der Waals surface area contributed by atoms with Gasteiger partial charge in [-0.05, 0) is 38.0 Å². The standard InChI is InChI=1S/C15H22BrNO3/c1-15(2,12-5-3-6-13(16)11-12)14(19)17-7-4-9-20-10-8-18/h3,5-6,11,18H,4,7-10H2,1-2H3,(H,17,19). The number of aliphatic hydroxyl groups is 1. The molecule has 5 heteroatoms. The van der Waals surface area contributed by atoms with Crippen molar-refractivity contribution in [3.63, 3.8) is 0 Å². The second-order valence-electron chi connectivity index (χ2n) is 5.08. The molecule has 0 bridgehead atoms. The van der Waals surface area contributed by atoms with E-state index in [9.17, 15) is 4.79 Å². The minimum absolute atomic E-state index is 0.00208. The first-order valence-electron chi connectivity index (χ1n) is 6.71. The molecule has 0 radical (unpaired) electrons. The van der Waals surface area contributed by atoms with E-state index < -0.39 is 5.41 Å². The summed E-state index contributed by atoms with van der Waals surface area (Å²) in [4.78, 5) is 12.3. The topological polar surface area (TPSA) is 58.6 Å². The van der Waals surface area contributed by atoms with E-state index in [0.717, 1.165) is 16.5 Å². The molecule has 4 nitrogen and oxygen atoms in total. The quantitative estimate of drug-likeness (QED) is 0.711. The second-order valence-corrected chi connectivity index (χ2v) is 6.00. The Balaban J connectivity index is 2.45. The van der Waals surface area contributed by atoms with Gasteiger partial charge in [0, 0.05) is 17.6 Å². The highest BCUT2D eigenvalue weighted by molar-refractivity contribution is 9.10. The monoisotopic (exact) mass is 343 g/mol. The number of ether oxygens (including phenoxy) is 1. The third-order valence-electron chi connectivity index (χ3n) is 3.10. The summed E-state index contributed by atoms with van der Waals surface area (Å²) in [6, 6.07) is 7.78. The van der Waals surface area contributed by atoms with Crippen LogP contribution < -0.4 is 5.32 Å². The van der Waals surface area contributed by atoms with Crippen LogP contribution in [-0.2, 0) is 14.9 Å². The van der Waals surface area contributed by atoms with Gasteiger partial charge in [0.1, 0.15) is 0 Å². The van der Waals surface area contributed by atoms with E-state index >= 15 is 0 Å². The Morgan fingerprint density at radius 1 is 1.40 bits per heavy atom. The highest BCUT2D eigenvalue weighted by Gasteiger charge is 2.29. The number of rotatable bonds is 8. The molecular formula is C15H22BrNO3. The fraction of sp³-hybridized carbons (Fsp3) is 0.533. The zero-order valence-corrected chi connectivity index (χ0v) is 13.6. The van der Waals surface area contributed by atoms with Gasteiger partial charge in [0.25, 0.3) is 0 Å². The molecule has 0 unspecified atom stereocenters. The lowest BCUT2D eigenvalue weighted by Crippen LogP contribution is -2.40. The molecule has 112 valence electrons. The maximum Gasteiger partial charge on any atom is 0.230 e. The van der Waals surface area contributed by atoms with E-state index in [2.05, 4.69) is 21.2 Å². The van der Waals surface area contributed by atoms with Crippen molar-refractivity contribution in [2.24, 2.45) is 0 Å². The summed E-state index contributed by atoms with van der Waals surface area (Å²) in [5.41, 5.74) is 0.399. The van der Waals surface area contributed by atoms with Crippen LogP contribution in [0.1, 0.15) is 25.8 Å². The fourth-order valence-electron chi connectivity index (χ4n) is 1.77. The van der Waals surface area contributed by atoms with E-state index in [-0.39, 0.29) is 12.5 Å². The summed E-state index contributed by atoms with van der Waals surface area (Å²) in [6.45, 7) is 5.30. The Morgan fingerprint density at radius 2 is 2.15 bits per heavy atom. The van der Waals surface area contributed by atoms with E-state index in [1.165, 1.54) is 0 Å². The van der Waals surface area contributed by atoms with Crippen molar-refractivity contribution in [1.29, 1.82) is 0 Å². The molecule has 0 spiro atoms. The van der Waals surface area contributed by atoms with Gasteiger partial charge in [-0.3, -0.25) is 4.79 Å². The molecule has 0 aromatic heterocycles. The molecule has 0 aliphatic heterocycles. The molecule has 1 rings (SSSR count). The van der Waals surface area contributed by atoms with Gasteiger partial charge in [0.05, 0.1) is 18.6 Å². The van der Waals surface area contributed by atoms with Gasteiger partial charge in [0.15, 0.2) is 0 Å². The van der Waals surface area contributed by atoms with Crippen LogP contribution in [0.4, 0.5) is 0 Å². The van der Waals surface area contributed by atoms with Gasteiger partial charge < -0.3 is 15.2 Å². The van der Waals surface area contributed by atoms with Gasteiger partial charge in [-0.15, -0.1) is 0 Å². The number of halogens is 1. The van der Waals surface area contributed by atoms with Crippen LogP contribution in [0.5, 0.6) is 0 Å². The number of aliphatic hydroxyl groups excluding tert-OH is 1. The maximum absolute atomic E-state index is 12.3. The molecule has 0 saturated carbocycles. The molecule has 0 atom stereocenters. The normalized spacial score (nSPS) is 11.4. The summed E-state index contributed by atoms with van der Waals surface area (Å²) in [5, 5.41) is 11.5. The van der Waals surface area contributed by atoms with Crippen LogP contribution in [0.3, 0.4) is 0 Å².